The van der Waals surface area contributed by atoms with E-state index in [1.807, 2.05) is 7.05 Å². The highest BCUT2D eigenvalue weighted by molar-refractivity contribution is 5.76. The van der Waals surface area contributed by atoms with Gasteiger partial charge >= 0.3 is 6.03 Å². The Balaban J connectivity index is 2.12. The number of nitrogens with two attached hydrogens (primary N) is 1. The average molecular weight is 187 g/mol. The van der Waals surface area contributed by atoms with E-state index in [0.29, 0.717) is 26.3 Å². The van der Waals surface area contributed by atoms with Crippen LogP contribution < -0.4 is 5.73 Å². The van der Waals surface area contributed by atoms with Crippen molar-refractivity contribution >= 4 is 6.03 Å². The third-order valence-electron chi connectivity index (χ3n) is 2.07. The minimum atomic E-state index is 0.0938. The van der Waals surface area contributed by atoms with Crippen molar-refractivity contribution in [2.75, 3.05) is 46.4 Å². The molecular weight excluding hydrogens is 170 g/mol. The third-order valence-corrected chi connectivity index (χ3v) is 2.07. The molecule has 1 heterocycles. The van der Waals surface area contributed by atoms with Crippen LogP contribution in [0.25, 0.3) is 0 Å². The molecule has 1 rings (SSSR count). The molecule has 76 valence electrons. The number of ether oxygens (including phenoxy) is 1. The van der Waals surface area contributed by atoms with Crippen molar-refractivity contribution in [2.24, 2.45) is 5.73 Å². The van der Waals surface area contributed by atoms with Gasteiger partial charge in [0.1, 0.15) is 0 Å². The standard InChI is InChI=1S/C8H17N3O2/c1-10-3-4-11(8(10)12)5-7-13-6-2-9/h2-7,9H2,1H3. The molecule has 0 radical (unpaired) electrons. The van der Waals surface area contributed by atoms with Gasteiger partial charge in [0, 0.05) is 33.2 Å². The molecule has 2 N–H and O–H groups in total. The topological polar surface area (TPSA) is 58.8 Å². The molecule has 0 saturated carbocycles. The molecule has 0 spiro atoms. The van der Waals surface area contributed by atoms with Crippen LogP contribution in [0.4, 0.5) is 4.79 Å². The number of carbonyl (C=O) groups is 1. The normalized spacial score (nSPS) is 17.2. The van der Waals surface area contributed by atoms with Crippen LogP contribution in [0.2, 0.25) is 0 Å². The Hall–Kier alpha value is -0.810. The summed E-state index contributed by atoms with van der Waals surface area (Å²) < 4.78 is 5.19. The zero-order chi connectivity index (χ0) is 9.68. The molecule has 1 saturated heterocycles. The van der Waals surface area contributed by atoms with E-state index in [1.54, 1.807) is 9.80 Å². The summed E-state index contributed by atoms with van der Waals surface area (Å²) in [5.41, 5.74) is 5.26. The van der Waals surface area contributed by atoms with E-state index < -0.39 is 0 Å². The van der Waals surface area contributed by atoms with E-state index in [1.165, 1.54) is 0 Å². The first-order valence-corrected chi connectivity index (χ1v) is 4.53. The quantitative estimate of drug-likeness (QED) is 0.581. The summed E-state index contributed by atoms with van der Waals surface area (Å²) in [6, 6.07) is 0.0938. The molecule has 1 fully saturated rings. The number of likely N-dealkylation sites (N-methyl/N-ethyl adjacent to an activating group) is 1. The molecule has 13 heavy (non-hydrogen) atoms. The van der Waals surface area contributed by atoms with E-state index in [4.69, 9.17) is 10.5 Å². The first-order chi connectivity index (χ1) is 6.25. The summed E-state index contributed by atoms with van der Waals surface area (Å²) >= 11 is 0. The lowest BCUT2D eigenvalue weighted by Crippen LogP contribution is -2.32. The summed E-state index contributed by atoms with van der Waals surface area (Å²) in [6.45, 7) is 3.97. The molecule has 5 nitrogen and oxygen atoms in total. The van der Waals surface area contributed by atoms with Crippen LogP contribution in [0.1, 0.15) is 0 Å². The molecule has 1 aliphatic rings. The van der Waals surface area contributed by atoms with E-state index >= 15 is 0 Å². The van der Waals surface area contributed by atoms with Crippen LogP contribution in [-0.2, 0) is 4.74 Å². The van der Waals surface area contributed by atoms with Crippen LogP contribution in [0.5, 0.6) is 0 Å². The molecule has 0 unspecified atom stereocenters. The highest BCUT2D eigenvalue weighted by atomic mass is 16.5. The van der Waals surface area contributed by atoms with Gasteiger partial charge in [-0.15, -0.1) is 0 Å². The Morgan fingerprint density at radius 2 is 2.23 bits per heavy atom. The Labute approximate surface area is 78.4 Å². The summed E-state index contributed by atoms with van der Waals surface area (Å²) in [4.78, 5) is 14.8. The van der Waals surface area contributed by atoms with Gasteiger partial charge in [0.25, 0.3) is 0 Å². The lowest BCUT2D eigenvalue weighted by Gasteiger charge is -2.15. The molecule has 0 aliphatic carbocycles. The molecular formula is C8H17N3O2. The van der Waals surface area contributed by atoms with Crippen molar-refractivity contribution in [3.05, 3.63) is 0 Å². The predicted octanol–water partition coefficient (Wildman–Crippen LogP) is -0.671. The number of urea groups is 1. The molecule has 1 aliphatic heterocycles. The van der Waals surface area contributed by atoms with E-state index in [-0.39, 0.29) is 6.03 Å². The zero-order valence-corrected chi connectivity index (χ0v) is 8.03. The number of hydrogen-bond acceptors (Lipinski definition) is 3. The van der Waals surface area contributed by atoms with Crippen molar-refractivity contribution in [2.45, 2.75) is 0 Å². The van der Waals surface area contributed by atoms with Crippen LogP contribution in [0.3, 0.4) is 0 Å². The van der Waals surface area contributed by atoms with Gasteiger partial charge in [-0.05, 0) is 0 Å². The Morgan fingerprint density at radius 3 is 2.77 bits per heavy atom. The van der Waals surface area contributed by atoms with Crippen LogP contribution in [0, 0.1) is 0 Å². The number of carbonyl (C=O) groups excluding carboxylic acids is 1. The lowest BCUT2D eigenvalue weighted by atomic mass is 10.5. The maximum absolute atomic E-state index is 11.3. The second-order valence-electron chi connectivity index (χ2n) is 3.09. The van der Waals surface area contributed by atoms with Crippen LogP contribution >= 0.6 is 0 Å². The average Bonchev–Trinajstić information content (AvgIpc) is 2.43. The van der Waals surface area contributed by atoms with Crippen molar-refractivity contribution < 1.29 is 9.53 Å². The van der Waals surface area contributed by atoms with Gasteiger partial charge in [0.15, 0.2) is 0 Å². The molecule has 2 amide bonds. The third kappa shape index (κ3) is 2.86. The first kappa shape index (κ1) is 10.3. The Morgan fingerprint density at radius 1 is 1.46 bits per heavy atom. The zero-order valence-electron chi connectivity index (χ0n) is 8.03. The van der Waals surface area contributed by atoms with Crippen LogP contribution in [-0.4, -0.2) is 62.3 Å². The van der Waals surface area contributed by atoms with Gasteiger partial charge in [-0.1, -0.05) is 0 Å². The Kier molecular flexibility index (Phi) is 3.98. The van der Waals surface area contributed by atoms with Gasteiger partial charge in [0.2, 0.25) is 0 Å². The maximum atomic E-state index is 11.3. The van der Waals surface area contributed by atoms with Crippen molar-refractivity contribution in [1.82, 2.24) is 9.80 Å². The fourth-order valence-electron chi connectivity index (χ4n) is 1.27. The fourth-order valence-corrected chi connectivity index (χ4v) is 1.27. The summed E-state index contributed by atoms with van der Waals surface area (Å²) in [6.07, 6.45) is 0. The molecule has 0 aromatic rings. The van der Waals surface area contributed by atoms with Crippen molar-refractivity contribution in [3.63, 3.8) is 0 Å². The van der Waals surface area contributed by atoms with Crippen molar-refractivity contribution in [1.29, 1.82) is 0 Å². The molecule has 0 aromatic carbocycles. The molecule has 0 atom stereocenters. The largest absolute Gasteiger partial charge is 0.378 e. The van der Waals surface area contributed by atoms with Crippen molar-refractivity contribution in [3.8, 4) is 0 Å². The summed E-state index contributed by atoms with van der Waals surface area (Å²) in [5.74, 6) is 0. The number of hydrogen-bond donors (Lipinski definition) is 1. The SMILES string of the molecule is CN1CCN(CCOCCN)C1=O. The fraction of sp³-hybridized carbons (Fsp3) is 0.875. The second-order valence-corrected chi connectivity index (χ2v) is 3.09. The minimum Gasteiger partial charge on any atom is -0.378 e. The first-order valence-electron chi connectivity index (χ1n) is 4.53. The maximum Gasteiger partial charge on any atom is 0.319 e. The number of amides is 2. The van der Waals surface area contributed by atoms with Gasteiger partial charge in [0.05, 0.1) is 13.2 Å². The minimum absolute atomic E-state index is 0.0938. The summed E-state index contributed by atoms with van der Waals surface area (Å²) in [5, 5.41) is 0. The predicted molar refractivity (Wildman–Crippen MR) is 49.5 cm³/mol. The molecule has 5 heteroatoms. The molecule has 0 aromatic heterocycles. The second kappa shape index (κ2) is 5.04. The number of nitrogens with zero attached hydrogens (tertiary/aromatic N) is 2. The van der Waals surface area contributed by atoms with Gasteiger partial charge in [-0.25, -0.2) is 4.79 Å². The molecule has 0 bridgehead atoms. The smallest absolute Gasteiger partial charge is 0.319 e. The highest BCUT2D eigenvalue weighted by Crippen LogP contribution is 2.04. The number of rotatable bonds is 5. The Bertz CT molecular complexity index is 175. The highest BCUT2D eigenvalue weighted by Gasteiger charge is 2.24. The van der Waals surface area contributed by atoms with E-state index in [9.17, 15) is 4.79 Å². The van der Waals surface area contributed by atoms with E-state index in [2.05, 4.69) is 0 Å². The lowest BCUT2D eigenvalue weighted by molar-refractivity contribution is 0.120. The monoisotopic (exact) mass is 187 g/mol. The summed E-state index contributed by atoms with van der Waals surface area (Å²) in [7, 11) is 1.81. The van der Waals surface area contributed by atoms with Gasteiger partial charge in [-0.3, -0.25) is 0 Å². The van der Waals surface area contributed by atoms with Crippen LogP contribution in [0.15, 0.2) is 0 Å². The van der Waals surface area contributed by atoms with Gasteiger partial charge < -0.3 is 20.3 Å². The van der Waals surface area contributed by atoms with E-state index in [0.717, 1.165) is 13.1 Å². The van der Waals surface area contributed by atoms with Gasteiger partial charge in [-0.2, -0.15) is 0 Å².